The lowest BCUT2D eigenvalue weighted by Crippen LogP contribution is -2.41. The Labute approximate surface area is 139 Å². The minimum atomic E-state index is -0.451. The molecular weight excluding hydrogens is 288 g/mol. The van der Waals surface area contributed by atoms with Gasteiger partial charge in [0.05, 0.1) is 12.0 Å². The van der Waals surface area contributed by atoms with Crippen LogP contribution in [0.25, 0.3) is 0 Å². The van der Waals surface area contributed by atoms with Crippen molar-refractivity contribution in [2.24, 2.45) is 17.3 Å². The molecule has 3 rings (SSSR count). The van der Waals surface area contributed by atoms with E-state index in [2.05, 4.69) is 40.3 Å². The van der Waals surface area contributed by atoms with Crippen molar-refractivity contribution in [2.45, 2.75) is 71.5 Å². The molecule has 0 unspecified atom stereocenters. The molecule has 2 aliphatic carbocycles. The number of hydrogen-bond donors (Lipinski definition) is 0. The second-order valence-electron chi connectivity index (χ2n) is 8.32. The Kier molecular flexibility index (Phi) is 3.91. The van der Waals surface area contributed by atoms with Crippen LogP contribution in [-0.2, 0) is 14.3 Å². The van der Waals surface area contributed by atoms with Crippen LogP contribution >= 0.6 is 0 Å². The molecule has 2 fully saturated rings. The molecule has 0 aromatic rings. The molecule has 0 aromatic heterocycles. The molecule has 126 valence electrons. The summed E-state index contributed by atoms with van der Waals surface area (Å²) in [7, 11) is 0. The molecule has 1 heterocycles. The molecule has 0 amide bonds. The predicted octanol–water partition coefficient (Wildman–Crippen LogP) is 4.02. The van der Waals surface area contributed by atoms with Gasteiger partial charge in [0.1, 0.15) is 11.4 Å². The van der Waals surface area contributed by atoms with Crippen molar-refractivity contribution < 1.29 is 14.3 Å². The van der Waals surface area contributed by atoms with Gasteiger partial charge >= 0.3 is 0 Å². The van der Waals surface area contributed by atoms with Crippen LogP contribution < -0.4 is 0 Å². The molecule has 1 saturated heterocycles. The van der Waals surface area contributed by atoms with Gasteiger partial charge in [-0.1, -0.05) is 39.0 Å². The maximum Gasteiger partial charge on any atom is 0.158 e. The summed E-state index contributed by atoms with van der Waals surface area (Å²) in [4.78, 5) is 25.4. The van der Waals surface area contributed by atoms with Gasteiger partial charge in [-0.15, -0.1) is 0 Å². The summed E-state index contributed by atoms with van der Waals surface area (Å²) in [6.45, 7) is 12.4. The first-order valence-electron chi connectivity index (χ1n) is 8.78. The van der Waals surface area contributed by atoms with Gasteiger partial charge < -0.3 is 4.74 Å². The SMILES string of the molecule is C=C1CCC=C(C)C[C@H]2O[C@@]23[C@@H](C(C)C)C(=O)C[C@]3(C)CC1=O. The zero-order chi connectivity index (χ0) is 17.0. The van der Waals surface area contributed by atoms with Crippen LogP contribution in [-0.4, -0.2) is 23.3 Å². The third-order valence-corrected chi connectivity index (χ3v) is 6.13. The highest BCUT2D eigenvalue weighted by Crippen LogP contribution is 2.66. The molecular formula is C20H28O3. The summed E-state index contributed by atoms with van der Waals surface area (Å²) in [6.07, 6.45) is 5.54. The first-order chi connectivity index (χ1) is 10.7. The fourth-order valence-corrected chi connectivity index (χ4v) is 5.00. The van der Waals surface area contributed by atoms with Gasteiger partial charge in [0.25, 0.3) is 0 Å². The maximum atomic E-state index is 12.7. The molecule has 1 aliphatic heterocycles. The molecule has 0 N–H and O–H groups in total. The van der Waals surface area contributed by atoms with Gasteiger partial charge in [0, 0.05) is 18.3 Å². The largest absolute Gasteiger partial charge is 0.364 e. The topological polar surface area (TPSA) is 46.7 Å². The minimum Gasteiger partial charge on any atom is -0.364 e. The molecule has 0 radical (unpaired) electrons. The molecule has 0 aromatic carbocycles. The van der Waals surface area contributed by atoms with Gasteiger partial charge in [-0.2, -0.15) is 0 Å². The lowest BCUT2D eigenvalue weighted by molar-refractivity contribution is -0.122. The zero-order valence-corrected chi connectivity index (χ0v) is 14.8. The van der Waals surface area contributed by atoms with Crippen LogP contribution in [0.1, 0.15) is 59.8 Å². The van der Waals surface area contributed by atoms with Gasteiger partial charge in [-0.25, -0.2) is 0 Å². The van der Waals surface area contributed by atoms with Crippen LogP contribution in [0.4, 0.5) is 0 Å². The van der Waals surface area contributed by atoms with E-state index in [1.165, 1.54) is 5.57 Å². The van der Waals surface area contributed by atoms with Crippen LogP contribution in [0.3, 0.4) is 0 Å². The molecule has 3 aliphatic rings. The molecule has 23 heavy (non-hydrogen) atoms. The van der Waals surface area contributed by atoms with E-state index in [4.69, 9.17) is 4.74 Å². The highest BCUT2D eigenvalue weighted by molar-refractivity contribution is 5.97. The standard InChI is InChI=1S/C20H28O3/c1-12(2)18-16(22)11-19(5)10-15(21)14(4)8-6-7-13(3)9-17-20(18,19)23-17/h7,12,17-18H,4,6,8-11H2,1-3,5H3/t17-,18+,19+,20-/m1/s1. The molecule has 0 bridgehead atoms. The Morgan fingerprint density at radius 3 is 2.65 bits per heavy atom. The van der Waals surface area contributed by atoms with Crippen molar-refractivity contribution in [3.05, 3.63) is 23.8 Å². The summed E-state index contributed by atoms with van der Waals surface area (Å²) in [5, 5.41) is 0. The average Bonchev–Trinajstić information content (AvgIpc) is 3.06. The number of Topliss-reactive ketones (excluding diaryl/α,β-unsaturated/α-hetero) is 2. The van der Waals surface area contributed by atoms with Gasteiger partial charge in [-0.3, -0.25) is 9.59 Å². The van der Waals surface area contributed by atoms with Crippen molar-refractivity contribution in [1.82, 2.24) is 0 Å². The number of ketones is 2. The number of allylic oxidation sites excluding steroid dienone is 2. The first-order valence-corrected chi connectivity index (χ1v) is 8.78. The molecule has 1 saturated carbocycles. The Bertz CT molecular complexity index is 600. The lowest BCUT2D eigenvalue weighted by atomic mass is 9.68. The maximum absolute atomic E-state index is 12.7. The van der Waals surface area contributed by atoms with Crippen molar-refractivity contribution >= 4 is 11.6 Å². The molecule has 4 atom stereocenters. The number of hydrogen-bond acceptors (Lipinski definition) is 3. The van der Waals surface area contributed by atoms with Gasteiger partial charge in [0.2, 0.25) is 0 Å². The number of carbonyl (C=O) groups excluding carboxylic acids is 2. The van der Waals surface area contributed by atoms with Crippen molar-refractivity contribution in [1.29, 1.82) is 0 Å². The van der Waals surface area contributed by atoms with Crippen molar-refractivity contribution in [3.63, 3.8) is 0 Å². The zero-order valence-electron chi connectivity index (χ0n) is 14.8. The summed E-state index contributed by atoms with van der Waals surface area (Å²) in [6, 6.07) is 0. The lowest BCUT2D eigenvalue weighted by Gasteiger charge is -2.32. The van der Waals surface area contributed by atoms with E-state index in [1.54, 1.807) is 0 Å². The van der Waals surface area contributed by atoms with Crippen LogP contribution in [0.15, 0.2) is 23.8 Å². The van der Waals surface area contributed by atoms with E-state index >= 15 is 0 Å². The number of carbonyl (C=O) groups is 2. The smallest absolute Gasteiger partial charge is 0.158 e. The van der Waals surface area contributed by atoms with Gasteiger partial charge in [0.15, 0.2) is 5.78 Å². The van der Waals surface area contributed by atoms with Gasteiger partial charge in [-0.05, 0) is 37.7 Å². The Hall–Kier alpha value is -1.22. The molecule has 1 spiro atoms. The van der Waals surface area contributed by atoms with Crippen LogP contribution in [0, 0.1) is 17.3 Å². The van der Waals surface area contributed by atoms with Crippen LogP contribution in [0.5, 0.6) is 0 Å². The predicted molar refractivity (Wildman–Crippen MR) is 90.0 cm³/mol. The Morgan fingerprint density at radius 1 is 1.30 bits per heavy atom. The normalized spacial score (nSPS) is 41.3. The first kappa shape index (κ1) is 16.6. The molecule has 3 nitrogen and oxygen atoms in total. The number of epoxide rings is 1. The van der Waals surface area contributed by atoms with E-state index in [1.807, 2.05) is 0 Å². The van der Waals surface area contributed by atoms with E-state index in [9.17, 15) is 9.59 Å². The van der Waals surface area contributed by atoms with E-state index in [0.717, 1.165) is 12.8 Å². The fourth-order valence-electron chi connectivity index (χ4n) is 5.00. The van der Waals surface area contributed by atoms with E-state index < -0.39 is 11.0 Å². The summed E-state index contributed by atoms with van der Waals surface area (Å²) in [5.74, 6) is 0.516. The van der Waals surface area contributed by atoms with Crippen LogP contribution in [0.2, 0.25) is 0 Å². The third-order valence-electron chi connectivity index (χ3n) is 6.13. The Balaban J connectivity index is 2.03. The Morgan fingerprint density at radius 2 is 2.00 bits per heavy atom. The highest BCUT2D eigenvalue weighted by atomic mass is 16.6. The quantitative estimate of drug-likeness (QED) is 0.417. The van der Waals surface area contributed by atoms with E-state index in [-0.39, 0.29) is 29.5 Å². The number of rotatable bonds is 1. The third kappa shape index (κ3) is 2.44. The highest BCUT2D eigenvalue weighted by Gasteiger charge is 2.76. The summed E-state index contributed by atoms with van der Waals surface area (Å²) >= 11 is 0. The monoisotopic (exact) mass is 316 g/mol. The van der Waals surface area contributed by atoms with Crippen molar-refractivity contribution in [2.75, 3.05) is 0 Å². The number of ether oxygens (including phenoxy) is 1. The minimum absolute atomic E-state index is 0.0711. The summed E-state index contributed by atoms with van der Waals surface area (Å²) < 4.78 is 6.26. The second kappa shape index (κ2) is 5.41. The average molecular weight is 316 g/mol. The molecule has 3 heteroatoms. The van der Waals surface area contributed by atoms with Crippen molar-refractivity contribution in [3.8, 4) is 0 Å². The fraction of sp³-hybridized carbons (Fsp3) is 0.700. The van der Waals surface area contributed by atoms with E-state index in [0.29, 0.717) is 24.8 Å². The summed E-state index contributed by atoms with van der Waals surface area (Å²) in [5.41, 5.74) is 1.13. The second-order valence-corrected chi connectivity index (χ2v) is 8.32.